The topological polar surface area (TPSA) is 107 Å². The van der Waals surface area contributed by atoms with Gasteiger partial charge in [-0.2, -0.15) is 0 Å². The Morgan fingerprint density at radius 2 is 1.07 bits per heavy atom. The second kappa shape index (κ2) is 18.7. The van der Waals surface area contributed by atoms with Crippen molar-refractivity contribution in [3.63, 3.8) is 0 Å². The van der Waals surface area contributed by atoms with Crippen LogP contribution in [-0.2, 0) is 4.79 Å². The van der Waals surface area contributed by atoms with Crippen LogP contribution in [0.15, 0.2) is 0 Å². The fraction of sp³-hybridized carbons (Fsp3) is 0.955. The smallest absolute Gasteiger partial charge is 0.220 e. The van der Waals surface area contributed by atoms with Gasteiger partial charge >= 0.3 is 0 Å². The average molecular weight is 385 g/mol. The molecule has 0 unspecified atom stereocenters. The van der Waals surface area contributed by atoms with Crippen molar-refractivity contribution in [1.29, 1.82) is 0 Å². The molecule has 7 N–H and O–H groups in total. The quantitative estimate of drug-likeness (QED) is 0.238. The Kier molecular flexibility index (Phi) is 18.3. The number of unbranched alkanes of at least 4 members (excludes halogenated alkanes) is 8. The third-order valence-corrected chi connectivity index (χ3v) is 5.49. The molecular weight excluding hydrogens is 336 g/mol. The summed E-state index contributed by atoms with van der Waals surface area (Å²) in [4.78, 5) is 12.6. The number of carbonyl (C=O) groups is 1. The van der Waals surface area contributed by atoms with E-state index in [-0.39, 0.29) is 11.4 Å². The Bertz CT molecular complexity index is 315. The first-order valence-corrected chi connectivity index (χ1v) is 11.6. The highest BCUT2D eigenvalue weighted by molar-refractivity contribution is 5.76. The van der Waals surface area contributed by atoms with E-state index in [9.17, 15) is 4.79 Å². The first kappa shape index (κ1) is 26.4. The highest BCUT2D eigenvalue weighted by atomic mass is 16.1. The third-order valence-electron chi connectivity index (χ3n) is 5.49. The minimum Gasteiger partial charge on any atom is -0.351 e. The molecule has 0 aromatic carbocycles. The summed E-state index contributed by atoms with van der Waals surface area (Å²) >= 11 is 0. The van der Waals surface area contributed by atoms with E-state index in [0.717, 1.165) is 51.4 Å². The first-order chi connectivity index (χ1) is 13.1. The third kappa shape index (κ3) is 15.0. The lowest BCUT2D eigenvalue weighted by atomic mass is 9.83. The molecule has 1 amide bonds. The molecule has 0 saturated carbocycles. The molecule has 0 saturated heterocycles. The molecular formula is C22H48N4O. The minimum atomic E-state index is -0.172. The molecule has 5 nitrogen and oxygen atoms in total. The Labute approximate surface area is 168 Å². The molecule has 0 bridgehead atoms. The minimum absolute atomic E-state index is 0.172. The van der Waals surface area contributed by atoms with Crippen molar-refractivity contribution in [1.82, 2.24) is 5.32 Å². The zero-order chi connectivity index (χ0) is 20.2. The molecule has 5 heteroatoms. The van der Waals surface area contributed by atoms with E-state index in [1.807, 2.05) is 0 Å². The van der Waals surface area contributed by atoms with Gasteiger partial charge in [-0.05, 0) is 64.6 Å². The van der Waals surface area contributed by atoms with Crippen LogP contribution in [0.1, 0.15) is 110 Å². The highest BCUT2D eigenvalue weighted by Crippen LogP contribution is 2.25. The van der Waals surface area contributed by atoms with Gasteiger partial charge in [-0.1, -0.05) is 58.3 Å². The molecule has 0 aromatic heterocycles. The summed E-state index contributed by atoms with van der Waals surface area (Å²) in [5.41, 5.74) is 17.0. The largest absolute Gasteiger partial charge is 0.351 e. The van der Waals surface area contributed by atoms with Gasteiger partial charge in [0.2, 0.25) is 5.91 Å². The van der Waals surface area contributed by atoms with E-state index < -0.39 is 0 Å². The summed E-state index contributed by atoms with van der Waals surface area (Å²) in [6.45, 7) is 4.21. The van der Waals surface area contributed by atoms with Crippen molar-refractivity contribution in [2.45, 2.75) is 115 Å². The lowest BCUT2D eigenvalue weighted by Gasteiger charge is -2.35. The fourth-order valence-electron chi connectivity index (χ4n) is 3.84. The number of hydrogen-bond donors (Lipinski definition) is 4. The zero-order valence-electron chi connectivity index (χ0n) is 18.1. The van der Waals surface area contributed by atoms with E-state index in [0.29, 0.717) is 26.1 Å². The van der Waals surface area contributed by atoms with Crippen molar-refractivity contribution in [2.75, 3.05) is 19.6 Å². The highest BCUT2D eigenvalue weighted by Gasteiger charge is 2.29. The molecule has 0 radical (unpaired) electrons. The molecule has 0 aliphatic rings. The molecule has 0 aliphatic heterocycles. The molecule has 0 rings (SSSR count). The average Bonchev–Trinajstić information content (AvgIpc) is 2.67. The maximum absolute atomic E-state index is 12.6. The van der Waals surface area contributed by atoms with Crippen LogP contribution in [0.25, 0.3) is 0 Å². The van der Waals surface area contributed by atoms with E-state index in [1.54, 1.807) is 0 Å². The molecule has 0 aliphatic carbocycles. The van der Waals surface area contributed by atoms with Crippen LogP contribution in [0.2, 0.25) is 0 Å². The van der Waals surface area contributed by atoms with Gasteiger partial charge in [0.25, 0.3) is 0 Å². The number of hydrogen-bond acceptors (Lipinski definition) is 4. The molecule has 0 heterocycles. The summed E-state index contributed by atoms with van der Waals surface area (Å²) in [5.74, 6) is 0.184. The van der Waals surface area contributed by atoms with Gasteiger partial charge in [0.1, 0.15) is 0 Å². The van der Waals surface area contributed by atoms with Gasteiger partial charge in [-0.25, -0.2) is 0 Å². The van der Waals surface area contributed by atoms with Gasteiger partial charge < -0.3 is 22.5 Å². The Morgan fingerprint density at radius 3 is 1.48 bits per heavy atom. The fourth-order valence-corrected chi connectivity index (χ4v) is 3.84. The van der Waals surface area contributed by atoms with E-state index >= 15 is 0 Å². The summed E-state index contributed by atoms with van der Waals surface area (Å²) in [6.07, 6.45) is 17.6. The van der Waals surface area contributed by atoms with Crippen LogP contribution in [-0.4, -0.2) is 31.1 Å². The van der Waals surface area contributed by atoms with Crippen LogP contribution in [0, 0.1) is 0 Å². The molecule has 27 heavy (non-hydrogen) atoms. The van der Waals surface area contributed by atoms with Gasteiger partial charge in [-0.3, -0.25) is 4.79 Å². The standard InChI is InChI=1S/C22H48N4O/c1-2-3-4-5-6-7-8-9-10-14-21(27)26-22(15-11-18-23,16-12-19-24)17-13-20-25/h2-20,23-25H2,1H3,(H,26,27). The van der Waals surface area contributed by atoms with Crippen LogP contribution >= 0.6 is 0 Å². The van der Waals surface area contributed by atoms with Gasteiger partial charge in [0.05, 0.1) is 0 Å². The number of nitrogens with two attached hydrogens (primary N) is 3. The Hall–Kier alpha value is -0.650. The lowest BCUT2D eigenvalue weighted by molar-refractivity contribution is -0.123. The van der Waals surface area contributed by atoms with Crippen LogP contribution < -0.4 is 22.5 Å². The monoisotopic (exact) mass is 384 g/mol. The Morgan fingerprint density at radius 1 is 0.667 bits per heavy atom. The number of nitrogens with one attached hydrogen (secondary N) is 1. The second-order valence-electron chi connectivity index (χ2n) is 8.08. The summed E-state index contributed by atoms with van der Waals surface area (Å²) in [7, 11) is 0. The number of amides is 1. The van der Waals surface area contributed by atoms with E-state index in [1.165, 1.54) is 44.9 Å². The number of carbonyl (C=O) groups excluding carboxylic acids is 1. The first-order valence-electron chi connectivity index (χ1n) is 11.6. The molecule has 0 aromatic rings. The number of rotatable bonds is 20. The van der Waals surface area contributed by atoms with Crippen molar-refractivity contribution in [3.05, 3.63) is 0 Å². The van der Waals surface area contributed by atoms with Crippen molar-refractivity contribution >= 4 is 5.91 Å². The molecule has 0 fully saturated rings. The molecule has 0 atom stereocenters. The van der Waals surface area contributed by atoms with E-state index in [2.05, 4.69) is 12.2 Å². The summed E-state index contributed by atoms with van der Waals surface area (Å²) < 4.78 is 0. The Balaban J connectivity index is 4.20. The van der Waals surface area contributed by atoms with Gasteiger partial charge in [0, 0.05) is 12.0 Å². The normalized spacial score (nSPS) is 11.7. The lowest BCUT2D eigenvalue weighted by Crippen LogP contribution is -2.49. The second-order valence-corrected chi connectivity index (χ2v) is 8.08. The maximum Gasteiger partial charge on any atom is 0.220 e. The van der Waals surface area contributed by atoms with Gasteiger partial charge in [0.15, 0.2) is 0 Å². The predicted molar refractivity (Wildman–Crippen MR) is 118 cm³/mol. The SMILES string of the molecule is CCCCCCCCCCCC(=O)NC(CCCN)(CCCN)CCCN. The molecule has 162 valence electrons. The van der Waals surface area contributed by atoms with E-state index in [4.69, 9.17) is 17.2 Å². The zero-order valence-corrected chi connectivity index (χ0v) is 18.1. The van der Waals surface area contributed by atoms with Crippen molar-refractivity contribution in [2.24, 2.45) is 17.2 Å². The predicted octanol–water partition coefficient (Wildman–Crippen LogP) is 3.98. The van der Waals surface area contributed by atoms with Gasteiger partial charge in [-0.15, -0.1) is 0 Å². The van der Waals surface area contributed by atoms with Crippen molar-refractivity contribution in [3.8, 4) is 0 Å². The van der Waals surface area contributed by atoms with Crippen LogP contribution in [0.4, 0.5) is 0 Å². The van der Waals surface area contributed by atoms with Crippen LogP contribution in [0.5, 0.6) is 0 Å². The summed E-state index contributed by atoms with van der Waals surface area (Å²) in [5, 5.41) is 3.35. The maximum atomic E-state index is 12.6. The summed E-state index contributed by atoms with van der Waals surface area (Å²) in [6, 6.07) is 0. The van der Waals surface area contributed by atoms with Crippen molar-refractivity contribution < 1.29 is 4.79 Å². The van der Waals surface area contributed by atoms with Crippen LogP contribution in [0.3, 0.4) is 0 Å². The molecule has 0 spiro atoms.